The Labute approximate surface area is 163 Å². The van der Waals surface area contributed by atoms with Crippen LogP contribution in [0.25, 0.3) is 0 Å². The molecule has 0 saturated carbocycles. The third-order valence-corrected chi connectivity index (χ3v) is 5.24. The van der Waals surface area contributed by atoms with Crippen LogP contribution in [0.2, 0.25) is 5.02 Å². The van der Waals surface area contributed by atoms with E-state index in [1.807, 2.05) is 74.3 Å². The lowest BCUT2D eigenvalue weighted by Gasteiger charge is -2.35. The average molecular weight is 386 g/mol. The van der Waals surface area contributed by atoms with Crippen molar-refractivity contribution in [3.8, 4) is 0 Å². The van der Waals surface area contributed by atoms with Gasteiger partial charge in [0.1, 0.15) is 0 Å². The number of nitrogens with zero attached hydrogens (tertiary/aromatic N) is 1. The third kappa shape index (κ3) is 3.59. The Hall–Kier alpha value is -2.37. The molecule has 1 aliphatic heterocycles. The van der Waals surface area contributed by atoms with E-state index in [1.54, 1.807) is 0 Å². The van der Waals surface area contributed by atoms with E-state index >= 15 is 0 Å². The smallest absolute Gasteiger partial charge is 0.255 e. The third-order valence-electron chi connectivity index (χ3n) is 4.60. The van der Waals surface area contributed by atoms with Crippen molar-refractivity contribution in [3.63, 3.8) is 0 Å². The molecule has 0 fully saturated rings. The Morgan fingerprint density at radius 3 is 2.46 bits per heavy atom. The predicted molar refractivity (Wildman–Crippen MR) is 110 cm³/mol. The van der Waals surface area contributed by atoms with E-state index < -0.39 is 0 Å². The van der Waals surface area contributed by atoms with Crippen LogP contribution < -0.4 is 10.6 Å². The second-order valence-electron chi connectivity index (χ2n) is 6.26. The molecule has 1 atom stereocenters. The van der Waals surface area contributed by atoms with Gasteiger partial charge in [-0.15, -0.1) is 0 Å². The number of allylic oxidation sites excluding steroid dienone is 1. The first-order valence-corrected chi connectivity index (χ1v) is 9.04. The molecular formula is C20H20ClN3OS. The van der Waals surface area contributed by atoms with Crippen LogP contribution >= 0.6 is 23.8 Å². The fraction of sp³-hybridized carbons (Fsp3) is 0.200. The van der Waals surface area contributed by atoms with Gasteiger partial charge in [-0.25, -0.2) is 0 Å². The molecule has 2 aromatic carbocycles. The number of carbonyl (C=O) groups is 1. The maximum Gasteiger partial charge on any atom is 0.255 e. The molecule has 6 heteroatoms. The number of hydrogen-bond acceptors (Lipinski definition) is 2. The van der Waals surface area contributed by atoms with Crippen molar-refractivity contribution in [1.29, 1.82) is 0 Å². The summed E-state index contributed by atoms with van der Waals surface area (Å²) in [6.45, 7) is 3.87. The summed E-state index contributed by atoms with van der Waals surface area (Å²) in [7, 11) is 1.85. The molecule has 26 heavy (non-hydrogen) atoms. The minimum atomic E-state index is -0.333. The molecule has 0 aliphatic carbocycles. The first-order chi connectivity index (χ1) is 12.4. The van der Waals surface area contributed by atoms with Gasteiger partial charge in [-0.3, -0.25) is 4.79 Å². The van der Waals surface area contributed by atoms with Crippen molar-refractivity contribution in [2.45, 2.75) is 19.9 Å². The Bertz CT molecular complexity index is 892. The monoisotopic (exact) mass is 385 g/mol. The van der Waals surface area contributed by atoms with Crippen LogP contribution in [0.4, 0.5) is 5.69 Å². The highest BCUT2D eigenvalue weighted by Crippen LogP contribution is 2.31. The van der Waals surface area contributed by atoms with Gasteiger partial charge in [0.2, 0.25) is 0 Å². The van der Waals surface area contributed by atoms with E-state index in [0.29, 0.717) is 15.7 Å². The van der Waals surface area contributed by atoms with Crippen LogP contribution in [0.3, 0.4) is 0 Å². The second-order valence-corrected chi connectivity index (χ2v) is 7.08. The Kier molecular flexibility index (Phi) is 5.30. The summed E-state index contributed by atoms with van der Waals surface area (Å²) in [5.41, 5.74) is 4.18. The van der Waals surface area contributed by atoms with E-state index in [0.717, 1.165) is 22.5 Å². The molecule has 1 aliphatic rings. The lowest BCUT2D eigenvalue weighted by molar-refractivity contribution is -0.113. The number of carbonyl (C=O) groups excluding carboxylic acids is 1. The molecular weight excluding hydrogens is 366 g/mol. The molecule has 134 valence electrons. The molecule has 1 amide bonds. The van der Waals surface area contributed by atoms with Crippen molar-refractivity contribution in [3.05, 3.63) is 76.0 Å². The zero-order valence-corrected chi connectivity index (χ0v) is 16.4. The summed E-state index contributed by atoms with van der Waals surface area (Å²) in [5, 5.41) is 7.51. The van der Waals surface area contributed by atoms with Crippen molar-refractivity contribution in [2.24, 2.45) is 0 Å². The minimum Gasteiger partial charge on any atom is -0.351 e. The molecule has 0 spiro atoms. The van der Waals surface area contributed by atoms with Crippen LogP contribution in [0.1, 0.15) is 24.1 Å². The van der Waals surface area contributed by atoms with Crippen LogP contribution in [0, 0.1) is 6.92 Å². The maximum absolute atomic E-state index is 13.1. The zero-order valence-electron chi connectivity index (χ0n) is 14.8. The van der Waals surface area contributed by atoms with E-state index in [1.165, 1.54) is 0 Å². The van der Waals surface area contributed by atoms with Gasteiger partial charge in [-0.1, -0.05) is 41.9 Å². The summed E-state index contributed by atoms with van der Waals surface area (Å²) >= 11 is 11.4. The first-order valence-electron chi connectivity index (χ1n) is 8.26. The number of rotatable bonds is 3. The highest BCUT2D eigenvalue weighted by molar-refractivity contribution is 7.80. The molecule has 0 radical (unpaired) electrons. The van der Waals surface area contributed by atoms with Crippen LogP contribution in [0.5, 0.6) is 0 Å². The van der Waals surface area contributed by atoms with Gasteiger partial charge in [0, 0.05) is 23.5 Å². The average Bonchev–Trinajstić information content (AvgIpc) is 2.62. The normalized spacial score (nSPS) is 17.2. The largest absolute Gasteiger partial charge is 0.351 e. The van der Waals surface area contributed by atoms with Crippen molar-refractivity contribution in [1.82, 2.24) is 10.2 Å². The highest BCUT2D eigenvalue weighted by Gasteiger charge is 2.32. The Balaban J connectivity index is 2.01. The minimum absolute atomic E-state index is 0.154. The number of anilines is 1. The van der Waals surface area contributed by atoms with Gasteiger partial charge in [-0.2, -0.15) is 0 Å². The van der Waals surface area contributed by atoms with Gasteiger partial charge in [0.25, 0.3) is 5.91 Å². The van der Waals surface area contributed by atoms with Crippen molar-refractivity contribution in [2.75, 3.05) is 12.4 Å². The van der Waals surface area contributed by atoms with Gasteiger partial charge in [0.15, 0.2) is 5.11 Å². The Morgan fingerprint density at radius 2 is 1.81 bits per heavy atom. The predicted octanol–water partition coefficient (Wildman–Crippen LogP) is 4.42. The van der Waals surface area contributed by atoms with E-state index in [4.69, 9.17) is 23.8 Å². The molecule has 0 aromatic heterocycles. The lowest BCUT2D eigenvalue weighted by Crippen LogP contribution is -2.46. The Morgan fingerprint density at radius 1 is 1.15 bits per heavy atom. The highest BCUT2D eigenvalue weighted by atomic mass is 35.5. The van der Waals surface area contributed by atoms with Crippen LogP contribution in [-0.4, -0.2) is 23.0 Å². The summed E-state index contributed by atoms with van der Waals surface area (Å²) in [4.78, 5) is 14.9. The van der Waals surface area contributed by atoms with Crippen LogP contribution in [-0.2, 0) is 4.79 Å². The molecule has 0 unspecified atom stereocenters. The van der Waals surface area contributed by atoms with Gasteiger partial charge >= 0.3 is 0 Å². The fourth-order valence-electron chi connectivity index (χ4n) is 2.94. The molecule has 3 rings (SSSR count). The molecule has 2 aromatic rings. The molecule has 0 bridgehead atoms. The molecule has 1 heterocycles. The number of aryl methyl sites for hydroxylation is 1. The molecule has 0 saturated heterocycles. The van der Waals surface area contributed by atoms with Crippen molar-refractivity contribution < 1.29 is 4.79 Å². The number of hydrogen-bond donors (Lipinski definition) is 2. The number of thiocarbonyl (C=S) groups is 1. The molecule has 4 nitrogen and oxygen atoms in total. The van der Waals surface area contributed by atoms with Gasteiger partial charge in [-0.05, 0) is 55.4 Å². The number of nitrogens with one attached hydrogen (secondary N) is 2. The summed E-state index contributed by atoms with van der Waals surface area (Å²) < 4.78 is 0. The quantitative estimate of drug-likeness (QED) is 0.767. The van der Waals surface area contributed by atoms with E-state index in [9.17, 15) is 4.79 Å². The standard InChI is InChI=1S/C20H20ClN3OS/c1-12-6-4-5-7-16(12)22-19(25)17-13(2)24(3)20(26)23-18(17)14-8-10-15(21)11-9-14/h4-11,18H,1-3H3,(H,22,25)(H,23,26)/t18-/m1/s1. The van der Waals surface area contributed by atoms with Crippen molar-refractivity contribution >= 4 is 40.5 Å². The summed E-state index contributed by atoms with van der Waals surface area (Å²) in [6, 6.07) is 14.8. The summed E-state index contributed by atoms with van der Waals surface area (Å²) in [5.74, 6) is -0.154. The number of halogens is 1. The fourth-order valence-corrected chi connectivity index (χ4v) is 3.32. The zero-order chi connectivity index (χ0) is 18.8. The van der Waals surface area contributed by atoms with Gasteiger partial charge in [0.05, 0.1) is 11.6 Å². The molecule has 2 N–H and O–H groups in total. The topological polar surface area (TPSA) is 44.4 Å². The lowest BCUT2D eigenvalue weighted by atomic mass is 9.94. The maximum atomic E-state index is 13.1. The second kappa shape index (κ2) is 7.48. The number of para-hydroxylation sites is 1. The number of benzene rings is 2. The van der Waals surface area contributed by atoms with Crippen LogP contribution in [0.15, 0.2) is 59.8 Å². The first kappa shape index (κ1) is 18.4. The van der Waals surface area contributed by atoms with E-state index in [-0.39, 0.29) is 11.9 Å². The number of amides is 1. The summed E-state index contributed by atoms with van der Waals surface area (Å²) in [6.07, 6.45) is 0. The SMILES string of the molecule is CC1=C(C(=O)Nc2ccccc2C)[C@@H](c2ccc(Cl)cc2)NC(=S)N1C. The van der Waals surface area contributed by atoms with E-state index in [2.05, 4.69) is 10.6 Å². The van der Waals surface area contributed by atoms with Gasteiger partial charge < -0.3 is 15.5 Å².